The zero-order valence-electron chi connectivity index (χ0n) is 18.6. The number of rotatable bonds is 10. The number of nitrogens with two attached hydrogens (primary N) is 1. The van der Waals surface area contributed by atoms with Crippen LogP contribution >= 0.6 is 0 Å². The van der Waals surface area contributed by atoms with Crippen LogP contribution in [0.5, 0.6) is 0 Å². The second kappa shape index (κ2) is 10.8. The van der Waals surface area contributed by atoms with Crippen molar-refractivity contribution >= 4 is 27.4 Å². The molecular formula is C20H33F2N5O4S. The Morgan fingerprint density at radius 3 is 2.53 bits per heavy atom. The first kappa shape index (κ1) is 26.4. The Hall–Kier alpha value is -1.89. The summed E-state index contributed by atoms with van der Waals surface area (Å²) < 4.78 is 52.1. The number of pyridine rings is 1. The highest BCUT2D eigenvalue weighted by Gasteiger charge is 2.28. The third-order valence-corrected chi connectivity index (χ3v) is 6.75. The summed E-state index contributed by atoms with van der Waals surface area (Å²) in [4.78, 5) is 17.7. The van der Waals surface area contributed by atoms with E-state index in [9.17, 15) is 27.1 Å². The maximum Gasteiger partial charge on any atom is 0.251 e. The Morgan fingerprint density at radius 2 is 1.97 bits per heavy atom. The number of halogens is 2. The minimum absolute atomic E-state index is 0.0311. The molecule has 1 aliphatic carbocycles. The molecule has 1 fully saturated rings. The van der Waals surface area contributed by atoms with Crippen LogP contribution in [0.3, 0.4) is 0 Å². The van der Waals surface area contributed by atoms with Crippen molar-refractivity contribution in [2.24, 2.45) is 11.7 Å². The number of amides is 1. The predicted octanol–water partition coefficient (Wildman–Crippen LogP) is 1.68. The van der Waals surface area contributed by atoms with Gasteiger partial charge in [0.25, 0.3) is 6.43 Å². The molecule has 1 atom stereocenters. The lowest BCUT2D eigenvalue weighted by Crippen LogP contribution is -2.43. The predicted molar refractivity (Wildman–Crippen MR) is 118 cm³/mol. The molecule has 12 heteroatoms. The number of hydrogen-bond acceptors (Lipinski definition) is 7. The summed E-state index contributed by atoms with van der Waals surface area (Å²) in [6.07, 6.45) is 3.03. The molecule has 0 bridgehead atoms. The van der Waals surface area contributed by atoms with Crippen LogP contribution in [0.25, 0.3) is 0 Å². The zero-order valence-corrected chi connectivity index (χ0v) is 19.5. The SMILES string of the molecule is CN(CC(C)(C)O)c1cc(NC(=O)[C@@H](N)C2CCCCC2)ncc1S(=O)(=O)NCC(F)F. The van der Waals surface area contributed by atoms with Gasteiger partial charge < -0.3 is 21.1 Å². The molecule has 0 unspecified atom stereocenters. The molecule has 182 valence electrons. The van der Waals surface area contributed by atoms with E-state index in [0.29, 0.717) is 0 Å². The fraction of sp³-hybridized carbons (Fsp3) is 0.700. The first-order chi connectivity index (χ1) is 14.8. The van der Waals surface area contributed by atoms with Gasteiger partial charge in [-0.1, -0.05) is 19.3 Å². The average Bonchev–Trinajstić information content (AvgIpc) is 2.71. The van der Waals surface area contributed by atoms with Gasteiger partial charge >= 0.3 is 0 Å². The van der Waals surface area contributed by atoms with E-state index < -0.39 is 40.5 Å². The van der Waals surface area contributed by atoms with E-state index in [1.165, 1.54) is 11.0 Å². The highest BCUT2D eigenvalue weighted by molar-refractivity contribution is 7.89. The Kier molecular flexibility index (Phi) is 8.91. The maximum atomic E-state index is 12.6. The van der Waals surface area contributed by atoms with Gasteiger partial charge in [0.05, 0.1) is 30.1 Å². The lowest BCUT2D eigenvalue weighted by Gasteiger charge is -2.29. The van der Waals surface area contributed by atoms with Gasteiger partial charge in [-0.2, -0.15) is 0 Å². The van der Waals surface area contributed by atoms with E-state index in [1.807, 2.05) is 4.72 Å². The molecule has 0 aliphatic heterocycles. The van der Waals surface area contributed by atoms with Gasteiger partial charge in [-0.15, -0.1) is 0 Å². The summed E-state index contributed by atoms with van der Waals surface area (Å²) in [5.74, 6) is -0.280. The van der Waals surface area contributed by atoms with Gasteiger partial charge in [0.15, 0.2) is 0 Å². The van der Waals surface area contributed by atoms with E-state index in [0.717, 1.165) is 38.3 Å². The highest BCUT2D eigenvalue weighted by atomic mass is 32.2. The van der Waals surface area contributed by atoms with Crippen molar-refractivity contribution in [1.29, 1.82) is 0 Å². The molecular weight excluding hydrogens is 444 g/mol. The number of aliphatic hydroxyl groups is 1. The van der Waals surface area contributed by atoms with Crippen molar-refractivity contribution in [3.8, 4) is 0 Å². The van der Waals surface area contributed by atoms with Gasteiger partial charge in [-0.25, -0.2) is 26.9 Å². The number of carbonyl (C=O) groups excluding carboxylic acids is 1. The van der Waals surface area contributed by atoms with Crippen molar-refractivity contribution in [3.63, 3.8) is 0 Å². The summed E-state index contributed by atoms with van der Waals surface area (Å²) in [7, 11) is -2.78. The molecule has 0 spiro atoms. The Balaban J connectivity index is 2.31. The highest BCUT2D eigenvalue weighted by Crippen LogP contribution is 2.29. The topological polar surface area (TPSA) is 138 Å². The normalized spacial score (nSPS) is 16.8. The minimum atomic E-state index is -4.32. The molecule has 1 aromatic rings. The van der Waals surface area contributed by atoms with Gasteiger partial charge in [-0.3, -0.25) is 4.79 Å². The monoisotopic (exact) mass is 477 g/mol. The van der Waals surface area contributed by atoms with E-state index in [4.69, 9.17) is 5.73 Å². The lowest BCUT2D eigenvalue weighted by molar-refractivity contribution is -0.118. The number of likely N-dealkylation sites (N-methyl/N-ethyl adjacent to an activating group) is 1. The molecule has 5 N–H and O–H groups in total. The molecule has 1 amide bonds. The van der Waals surface area contributed by atoms with Crippen LogP contribution in [0.1, 0.15) is 46.0 Å². The number of hydrogen-bond donors (Lipinski definition) is 4. The third kappa shape index (κ3) is 7.61. The van der Waals surface area contributed by atoms with E-state index in [-0.39, 0.29) is 28.9 Å². The van der Waals surface area contributed by atoms with Crippen LogP contribution in [0, 0.1) is 5.92 Å². The van der Waals surface area contributed by atoms with Crippen LogP contribution in [-0.4, -0.2) is 62.6 Å². The number of anilines is 2. The van der Waals surface area contributed by atoms with E-state index >= 15 is 0 Å². The molecule has 32 heavy (non-hydrogen) atoms. The largest absolute Gasteiger partial charge is 0.389 e. The number of sulfonamides is 1. The standard InChI is InChI=1S/C20H33F2N5O4S/c1-20(2,29)12-27(3)14-9-17(24-10-15(14)32(30,31)25-11-16(21)22)26-19(28)18(23)13-7-5-4-6-8-13/h9-10,13,16,18,25,29H,4-8,11-12,23H2,1-3H3,(H,24,26,28)/t18-/m0/s1. The Morgan fingerprint density at radius 1 is 1.34 bits per heavy atom. The zero-order chi connectivity index (χ0) is 24.1. The number of aromatic nitrogens is 1. The first-order valence-corrected chi connectivity index (χ1v) is 12.1. The second-order valence-electron chi connectivity index (χ2n) is 8.86. The maximum absolute atomic E-state index is 12.6. The summed E-state index contributed by atoms with van der Waals surface area (Å²) in [6.45, 7) is 2.06. The van der Waals surface area contributed by atoms with Gasteiger partial charge in [0, 0.05) is 19.7 Å². The number of alkyl halides is 2. The molecule has 0 saturated heterocycles. The summed E-state index contributed by atoms with van der Waals surface area (Å²) >= 11 is 0. The number of nitrogens with zero attached hydrogens (tertiary/aromatic N) is 2. The average molecular weight is 478 g/mol. The second-order valence-corrected chi connectivity index (χ2v) is 10.6. The van der Waals surface area contributed by atoms with Crippen LogP contribution < -0.4 is 20.7 Å². The molecule has 9 nitrogen and oxygen atoms in total. The molecule has 1 aromatic heterocycles. The van der Waals surface area contributed by atoms with E-state index in [1.54, 1.807) is 20.9 Å². The van der Waals surface area contributed by atoms with Gasteiger partial charge in [-0.05, 0) is 32.6 Å². The Bertz CT molecular complexity index is 886. The third-order valence-electron chi connectivity index (χ3n) is 5.31. The van der Waals surface area contributed by atoms with E-state index in [2.05, 4.69) is 10.3 Å². The first-order valence-electron chi connectivity index (χ1n) is 10.6. The van der Waals surface area contributed by atoms with Gasteiger partial charge in [0.1, 0.15) is 10.7 Å². The molecule has 1 saturated carbocycles. The van der Waals surface area contributed by atoms with Crippen molar-refractivity contribution in [1.82, 2.24) is 9.71 Å². The van der Waals surface area contributed by atoms with Crippen LogP contribution in [0.15, 0.2) is 17.2 Å². The Labute approximate surface area is 187 Å². The quantitative estimate of drug-likeness (QED) is 0.402. The van der Waals surface area contributed by atoms with Crippen LogP contribution in [0.4, 0.5) is 20.3 Å². The molecule has 0 radical (unpaired) electrons. The molecule has 1 aliphatic rings. The molecule has 2 rings (SSSR count). The fourth-order valence-electron chi connectivity index (χ4n) is 3.84. The molecule has 0 aromatic carbocycles. The summed E-state index contributed by atoms with van der Waals surface area (Å²) in [5.41, 5.74) is 5.04. The van der Waals surface area contributed by atoms with Crippen molar-refractivity contribution in [2.45, 2.75) is 68.9 Å². The van der Waals surface area contributed by atoms with Crippen LogP contribution in [-0.2, 0) is 14.8 Å². The van der Waals surface area contributed by atoms with Crippen molar-refractivity contribution < 1.29 is 27.1 Å². The minimum Gasteiger partial charge on any atom is -0.389 e. The summed E-state index contributed by atoms with van der Waals surface area (Å²) in [6, 6.07) is 0.611. The van der Waals surface area contributed by atoms with Crippen molar-refractivity contribution in [3.05, 3.63) is 12.3 Å². The van der Waals surface area contributed by atoms with Crippen LogP contribution in [0.2, 0.25) is 0 Å². The molecule has 1 heterocycles. The fourth-order valence-corrected chi connectivity index (χ4v) is 5.02. The lowest BCUT2D eigenvalue weighted by atomic mass is 9.84. The summed E-state index contributed by atoms with van der Waals surface area (Å²) in [5, 5.41) is 12.8. The number of nitrogens with one attached hydrogen (secondary N) is 2. The number of carbonyl (C=O) groups is 1. The van der Waals surface area contributed by atoms with Gasteiger partial charge in [0.2, 0.25) is 15.9 Å². The smallest absolute Gasteiger partial charge is 0.251 e. The van der Waals surface area contributed by atoms with Crippen molar-refractivity contribution in [2.75, 3.05) is 30.4 Å².